The van der Waals surface area contributed by atoms with Crippen molar-refractivity contribution in [2.75, 3.05) is 7.11 Å². The van der Waals surface area contributed by atoms with Crippen molar-refractivity contribution in [1.29, 1.82) is 0 Å². The fraction of sp³-hybridized carbons (Fsp3) is 0.231. The number of nitrogens with zero attached hydrogens (tertiary/aromatic N) is 2. The first-order chi connectivity index (χ1) is 9.60. The lowest BCUT2D eigenvalue weighted by Crippen LogP contribution is -2.03. The fourth-order valence-electron chi connectivity index (χ4n) is 1.51. The van der Waals surface area contributed by atoms with Crippen LogP contribution in [0, 0.1) is 9.39 Å². The number of rotatable bonds is 5. The quantitative estimate of drug-likeness (QED) is 0.407. The van der Waals surface area contributed by atoms with Crippen molar-refractivity contribution in [3.05, 3.63) is 50.3 Å². The third kappa shape index (κ3) is 4.28. The number of ether oxygens (including phenoxy) is 1. The minimum atomic E-state index is -0.253. The summed E-state index contributed by atoms with van der Waals surface area (Å²) in [5, 5.41) is 0.419. The number of hydrogen-bond acceptors (Lipinski definition) is 4. The first kappa shape index (κ1) is 15.9. The Bertz CT molecular complexity index is 615. The van der Waals surface area contributed by atoms with Crippen LogP contribution in [0.2, 0.25) is 5.15 Å². The topological polar surface area (TPSA) is 35.0 Å². The molecule has 106 valence electrons. The van der Waals surface area contributed by atoms with Gasteiger partial charge in [-0.25, -0.2) is 14.4 Å². The first-order valence-electron chi connectivity index (χ1n) is 5.68. The maximum atomic E-state index is 13.1. The van der Waals surface area contributed by atoms with Gasteiger partial charge in [-0.05, 0) is 40.8 Å². The molecule has 0 aliphatic rings. The predicted molar refractivity (Wildman–Crippen MR) is 86.4 cm³/mol. The van der Waals surface area contributed by atoms with Crippen LogP contribution in [0.3, 0.4) is 0 Å². The van der Waals surface area contributed by atoms with Gasteiger partial charge in [0.2, 0.25) is 0 Å². The molecule has 7 heteroatoms. The van der Waals surface area contributed by atoms with Crippen LogP contribution in [0.1, 0.15) is 11.5 Å². The summed E-state index contributed by atoms with van der Waals surface area (Å²) in [6, 6.07) is 6.42. The summed E-state index contributed by atoms with van der Waals surface area (Å²) >= 11 is 9.64. The molecule has 3 nitrogen and oxygen atoms in total. The molecule has 0 N–H and O–H groups in total. The zero-order valence-electron chi connectivity index (χ0n) is 10.6. The van der Waals surface area contributed by atoms with Gasteiger partial charge in [-0.1, -0.05) is 17.7 Å². The van der Waals surface area contributed by atoms with Gasteiger partial charge >= 0.3 is 0 Å². The minimum absolute atomic E-state index is 0.253. The Morgan fingerprint density at radius 2 is 2.20 bits per heavy atom. The van der Waals surface area contributed by atoms with Gasteiger partial charge in [-0.3, -0.25) is 0 Å². The molecule has 1 aromatic carbocycles. The molecule has 0 radical (unpaired) electrons. The van der Waals surface area contributed by atoms with Gasteiger partial charge in [0.15, 0.2) is 0 Å². The van der Waals surface area contributed by atoms with Crippen molar-refractivity contribution in [2.45, 2.75) is 17.3 Å². The van der Waals surface area contributed by atoms with E-state index in [1.165, 1.54) is 23.9 Å². The second kappa shape index (κ2) is 7.53. The van der Waals surface area contributed by atoms with E-state index < -0.39 is 0 Å². The summed E-state index contributed by atoms with van der Waals surface area (Å²) in [6.07, 6.45) is 0. The molecule has 0 bridgehead atoms. The van der Waals surface area contributed by atoms with Crippen LogP contribution in [-0.2, 0) is 17.1 Å². The maximum Gasteiger partial charge on any atom is 0.146 e. The average Bonchev–Trinajstić information content (AvgIpc) is 2.42. The summed E-state index contributed by atoms with van der Waals surface area (Å²) in [6.45, 7) is 0.387. The number of aromatic nitrogens is 2. The molecule has 20 heavy (non-hydrogen) atoms. The SMILES string of the molecule is COCc1nc(CSc2cccc(F)c2)nc(Cl)c1I. The van der Waals surface area contributed by atoms with E-state index in [2.05, 4.69) is 32.6 Å². The molecule has 2 aromatic rings. The largest absolute Gasteiger partial charge is 0.378 e. The number of halogens is 3. The van der Waals surface area contributed by atoms with Gasteiger partial charge in [0, 0.05) is 12.0 Å². The van der Waals surface area contributed by atoms with Crippen LogP contribution >= 0.6 is 46.0 Å². The minimum Gasteiger partial charge on any atom is -0.378 e. The lowest BCUT2D eigenvalue weighted by molar-refractivity contribution is 0.180. The second-order valence-electron chi connectivity index (χ2n) is 3.87. The van der Waals surface area contributed by atoms with Crippen molar-refractivity contribution >= 4 is 46.0 Å². The van der Waals surface area contributed by atoms with E-state index >= 15 is 0 Å². The van der Waals surface area contributed by atoms with E-state index in [9.17, 15) is 4.39 Å². The van der Waals surface area contributed by atoms with Crippen molar-refractivity contribution in [3.63, 3.8) is 0 Å². The normalized spacial score (nSPS) is 10.8. The molecule has 2 rings (SSSR count). The Balaban J connectivity index is 2.13. The Kier molecular flexibility index (Phi) is 6.01. The molecule has 0 saturated carbocycles. The number of hydrogen-bond donors (Lipinski definition) is 0. The molecule has 0 aliphatic heterocycles. The van der Waals surface area contributed by atoms with Crippen LogP contribution < -0.4 is 0 Å². The van der Waals surface area contributed by atoms with Crippen molar-refractivity contribution in [3.8, 4) is 0 Å². The molecule has 1 aromatic heterocycles. The molecule has 0 fully saturated rings. The lowest BCUT2D eigenvalue weighted by Gasteiger charge is -2.07. The van der Waals surface area contributed by atoms with E-state index in [-0.39, 0.29) is 5.82 Å². The Morgan fingerprint density at radius 3 is 2.90 bits per heavy atom. The highest BCUT2D eigenvalue weighted by Crippen LogP contribution is 2.25. The third-order valence-corrected chi connectivity index (χ3v) is 5.09. The second-order valence-corrected chi connectivity index (χ2v) is 6.36. The molecule has 0 aliphatic carbocycles. The van der Waals surface area contributed by atoms with Crippen molar-refractivity contribution in [2.24, 2.45) is 0 Å². The lowest BCUT2D eigenvalue weighted by atomic mass is 10.4. The molecule has 1 heterocycles. The zero-order valence-corrected chi connectivity index (χ0v) is 14.3. The van der Waals surface area contributed by atoms with Crippen LogP contribution in [0.4, 0.5) is 4.39 Å². The number of thioether (sulfide) groups is 1. The fourth-order valence-corrected chi connectivity index (χ4v) is 2.91. The Hall–Kier alpha value is -0.440. The Labute approximate surface area is 139 Å². The van der Waals surface area contributed by atoms with E-state index in [4.69, 9.17) is 16.3 Å². The summed E-state index contributed by atoms with van der Waals surface area (Å²) in [7, 11) is 1.60. The van der Waals surface area contributed by atoms with E-state index in [1.807, 2.05) is 6.07 Å². The van der Waals surface area contributed by atoms with Gasteiger partial charge in [-0.2, -0.15) is 0 Å². The highest BCUT2D eigenvalue weighted by Gasteiger charge is 2.11. The standard InChI is InChI=1S/C13H11ClFIN2OS/c1-19-6-10-12(16)13(14)18-11(17-10)7-20-9-4-2-3-8(15)5-9/h2-5H,6-7H2,1H3. The van der Waals surface area contributed by atoms with Crippen LogP contribution in [-0.4, -0.2) is 17.1 Å². The molecular formula is C13H11ClFIN2OS. The molecule has 0 amide bonds. The summed E-state index contributed by atoms with van der Waals surface area (Å²) < 4.78 is 19.0. The highest BCUT2D eigenvalue weighted by molar-refractivity contribution is 14.1. The predicted octanol–water partition coefficient (Wildman–Crippen LogP) is 4.31. The summed E-state index contributed by atoms with van der Waals surface area (Å²) in [4.78, 5) is 9.48. The van der Waals surface area contributed by atoms with Crippen LogP contribution in [0.5, 0.6) is 0 Å². The maximum absolute atomic E-state index is 13.1. The number of methoxy groups -OCH3 is 1. The molecule has 0 unspecified atom stereocenters. The van der Waals surface area contributed by atoms with Gasteiger partial charge in [0.1, 0.15) is 16.8 Å². The van der Waals surface area contributed by atoms with Crippen LogP contribution in [0.15, 0.2) is 29.2 Å². The van der Waals surface area contributed by atoms with Crippen LogP contribution in [0.25, 0.3) is 0 Å². The van der Waals surface area contributed by atoms with E-state index in [0.717, 1.165) is 14.2 Å². The van der Waals surface area contributed by atoms with Gasteiger partial charge in [-0.15, -0.1) is 11.8 Å². The van der Waals surface area contributed by atoms with E-state index in [0.29, 0.717) is 23.3 Å². The molecule has 0 atom stereocenters. The monoisotopic (exact) mass is 424 g/mol. The van der Waals surface area contributed by atoms with Gasteiger partial charge in [0.05, 0.1) is 21.6 Å². The third-order valence-electron chi connectivity index (χ3n) is 2.37. The van der Waals surface area contributed by atoms with Gasteiger partial charge in [0.25, 0.3) is 0 Å². The average molecular weight is 425 g/mol. The summed E-state index contributed by atoms with van der Waals surface area (Å²) in [5.74, 6) is 0.880. The van der Waals surface area contributed by atoms with E-state index in [1.54, 1.807) is 13.2 Å². The molecule has 0 spiro atoms. The van der Waals surface area contributed by atoms with Crippen molar-refractivity contribution < 1.29 is 9.13 Å². The highest BCUT2D eigenvalue weighted by atomic mass is 127. The smallest absolute Gasteiger partial charge is 0.146 e. The zero-order chi connectivity index (χ0) is 14.5. The number of benzene rings is 1. The molecular weight excluding hydrogens is 414 g/mol. The Morgan fingerprint density at radius 1 is 1.40 bits per heavy atom. The van der Waals surface area contributed by atoms with Gasteiger partial charge < -0.3 is 4.74 Å². The summed E-state index contributed by atoms with van der Waals surface area (Å²) in [5.41, 5.74) is 0.767. The first-order valence-corrected chi connectivity index (χ1v) is 8.12. The van der Waals surface area contributed by atoms with Crippen molar-refractivity contribution in [1.82, 2.24) is 9.97 Å². The molecule has 0 saturated heterocycles.